The molecule has 0 spiro atoms. The average molecular weight is 446 g/mol. The van der Waals surface area contributed by atoms with Crippen LogP contribution in [0.3, 0.4) is 0 Å². The van der Waals surface area contributed by atoms with E-state index in [1.807, 2.05) is 24.3 Å². The van der Waals surface area contributed by atoms with Crippen LogP contribution in [-0.4, -0.2) is 13.5 Å². The van der Waals surface area contributed by atoms with Gasteiger partial charge in [-0.15, -0.1) is 0 Å². The average Bonchev–Trinajstić information content (AvgIpc) is 2.70. The molecule has 5 nitrogen and oxygen atoms in total. The summed E-state index contributed by atoms with van der Waals surface area (Å²) in [6.07, 6.45) is 0.977. The molecular weight excluding hydrogens is 426 g/mol. The highest BCUT2D eigenvalue weighted by Crippen LogP contribution is 2.20. The summed E-state index contributed by atoms with van der Waals surface area (Å²) >= 11 is 11.1. The summed E-state index contributed by atoms with van der Waals surface area (Å²) in [5, 5.41) is 7.10. The number of thiocarbonyl (C=S) groups is 1. The highest BCUT2D eigenvalue weighted by Gasteiger charge is 2.14. The Morgan fingerprint density at radius 3 is 1.83 bits per heavy atom. The van der Waals surface area contributed by atoms with Crippen LogP contribution in [0.4, 0.5) is 17.1 Å². The van der Waals surface area contributed by atoms with Gasteiger partial charge in [0.15, 0.2) is 5.11 Å². The molecule has 0 radical (unpaired) electrons. The Hall–Kier alpha value is -2.61. The molecule has 0 saturated carbocycles. The number of aryl methyl sites for hydroxylation is 1. The molecule has 0 aliphatic rings. The summed E-state index contributed by atoms with van der Waals surface area (Å²) < 4.78 is 27.5. The molecule has 0 unspecified atom stereocenters. The second kappa shape index (κ2) is 9.26. The number of hydrogen-bond donors (Lipinski definition) is 3. The van der Waals surface area contributed by atoms with Crippen LogP contribution in [0.15, 0.2) is 77.7 Å². The molecule has 0 saturated heterocycles. The van der Waals surface area contributed by atoms with E-state index in [9.17, 15) is 8.42 Å². The van der Waals surface area contributed by atoms with Crippen molar-refractivity contribution < 1.29 is 8.42 Å². The van der Waals surface area contributed by atoms with Crippen molar-refractivity contribution in [1.29, 1.82) is 0 Å². The molecule has 0 aliphatic heterocycles. The van der Waals surface area contributed by atoms with E-state index in [1.165, 1.54) is 17.7 Å². The van der Waals surface area contributed by atoms with Gasteiger partial charge in [-0.2, -0.15) is 0 Å². The smallest absolute Gasteiger partial charge is 0.261 e. The molecule has 8 heteroatoms. The Balaban J connectivity index is 1.62. The van der Waals surface area contributed by atoms with E-state index in [2.05, 4.69) is 22.3 Å². The van der Waals surface area contributed by atoms with Gasteiger partial charge in [0.25, 0.3) is 10.0 Å². The number of nitrogens with one attached hydrogen (secondary N) is 3. The van der Waals surface area contributed by atoms with Gasteiger partial charge in [0.05, 0.1) is 4.90 Å². The zero-order chi connectivity index (χ0) is 20.9. The number of anilines is 3. The molecule has 150 valence electrons. The van der Waals surface area contributed by atoms with E-state index >= 15 is 0 Å². The van der Waals surface area contributed by atoms with Crippen LogP contribution in [0.2, 0.25) is 5.02 Å². The first-order valence-electron chi connectivity index (χ1n) is 8.91. The number of hydrogen-bond acceptors (Lipinski definition) is 3. The van der Waals surface area contributed by atoms with Crippen molar-refractivity contribution in [1.82, 2.24) is 0 Å². The fourth-order valence-electron chi connectivity index (χ4n) is 2.57. The van der Waals surface area contributed by atoms with E-state index in [0.29, 0.717) is 21.5 Å². The van der Waals surface area contributed by atoms with Gasteiger partial charge >= 0.3 is 0 Å². The summed E-state index contributed by atoms with van der Waals surface area (Å²) in [6, 6.07) is 20.8. The Bertz CT molecular complexity index is 1080. The molecule has 0 amide bonds. The van der Waals surface area contributed by atoms with E-state index in [1.54, 1.807) is 36.4 Å². The molecular formula is C21H20ClN3O2S2. The summed E-state index contributed by atoms with van der Waals surface area (Å²) in [5.41, 5.74) is 3.25. The lowest BCUT2D eigenvalue weighted by Crippen LogP contribution is -2.19. The minimum Gasteiger partial charge on any atom is -0.332 e. The summed E-state index contributed by atoms with van der Waals surface area (Å²) in [5.74, 6) is 0. The molecule has 0 aromatic heterocycles. The van der Waals surface area contributed by atoms with Crippen LogP contribution in [0.25, 0.3) is 0 Å². The van der Waals surface area contributed by atoms with Crippen molar-refractivity contribution in [3.05, 3.63) is 83.4 Å². The zero-order valence-corrected chi connectivity index (χ0v) is 18.0. The van der Waals surface area contributed by atoms with Gasteiger partial charge in [0, 0.05) is 22.1 Å². The lowest BCUT2D eigenvalue weighted by molar-refractivity contribution is 0.601. The molecule has 3 aromatic carbocycles. The number of sulfonamides is 1. The maximum atomic E-state index is 12.5. The normalized spacial score (nSPS) is 11.0. The predicted octanol–water partition coefficient (Wildman–Crippen LogP) is 5.51. The lowest BCUT2D eigenvalue weighted by atomic mass is 10.1. The van der Waals surface area contributed by atoms with Crippen LogP contribution in [0.5, 0.6) is 0 Å². The minimum absolute atomic E-state index is 0.145. The molecule has 3 rings (SSSR count). The number of benzene rings is 3. The maximum absolute atomic E-state index is 12.5. The third-order valence-corrected chi connectivity index (χ3v) is 5.99. The Kier molecular flexibility index (Phi) is 6.74. The van der Waals surface area contributed by atoms with Gasteiger partial charge in [0.1, 0.15) is 0 Å². The van der Waals surface area contributed by atoms with Gasteiger partial charge in [0.2, 0.25) is 0 Å². The van der Waals surface area contributed by atoms with Gasteiger partial charge in [-0.1, -0.05) is 30.7 Å². The SMILES string of the molecule is CCc1ccc(NC(=S)Nc2ccc(S(=O)(=O)Nc3ccc(Cl)cc3)cc2)cc1. The number of halogens is 1. The first-order chi connectivity index (χ1) is 13.9. The highest BCUT2D eigenvalue weighted by atomic mass is 35.5. The second-order valence-corrected chi connectivity index (χ2v) is 8.79. The first-order valence-corrected chi connectivity index (χ1v) is 11.2. The van der Waals surface area contributed by atoms with Crippen LogP contribution in [0.1, 0.15) is 12.5 Å². The van der Waals surface area contributed by atoms with Crippen LogP contribution < -0.4 is 15.4 Å². The first kappa shape index (κ1) is 21.1. The molecule has 3 aromatic rings. The fourth-order valence-corrected chi connectivity index (χ4v) is 3.99. The zero-order valence-electron chi connectivity index (χ0n) is 15.6. The summed E-state index contributed by atoms with van der Waals surface area (Å²) in [6.45, 7) is 2.10. The molecule has 3 N–H and O–H groups in total. The van der Waals surface area contributed by atoms with Crippen LogP contribution in [-0.2, 0) is 16.4 Å². The summed E-state index contributed by atoms with van der Waals surface area (Å²) in [4.78, 5) is 0.145. The van der Waals surface area contributed by atoms with Crippen molar-refractivity contribution in [2.24, 2.45) is 0 Å². The molecule has 0 fully saturated rings. The van der Waals surface area contributed by atoms with E-state index in [0.717, 1.165) is 12.1 Å². The molecule has 0 heterocycles. The van der Waals surface area contributed by atoms with Crippen molar-refractivity contribution in [3.63, 3.8) is 0 Å². The van der Waals surface area contributed by atoms with Gasteiger partial charge in [-0.05, 0) is 84.9 Å². The van der Waals surface area contributed by atoms with Crippen molar-refractivity contribution in [2.75, 3.05) is 15.4 Å². The Morgan fingerprint density at radius 2 is 1.31 bits per heavy atom. The number of rotatable bonds is 6. The standard InChI is InChI=1S/C21H20ClN3O2S2/c1-2-15-3-7-17(8-4-15)23-21(28)24-18-11-13-20(14-12-18)29(26,27)25-19-9-5-16(22)6-10-19/h3-14,25H,2H2,1H3,(H2,23,24,28). The molecule has 0 atom stereocenters. The van der Waals surface area contributed by atoms with Crippen molar-refractivity contribution >= 4 is 56.0 Å². The van der Waals surface area contributed by atoms with Gasteiger partial charge < -0.3 is 10.6 Å². The van der Waals surface area contributed by atoms with Gasteiger partial charge in [-0.25, -0.2) is 8.42 Å². The maximum Gasteiger partial charge on any atom is 0.261 e. The third kappa shape index (κ3) is 5.93. The van der Waals surface area contributed by atoms with E-state index in [4.69, 9.17) is 23.8 Å². The second-order valence-electron chi connectivity index (χ2n) is 6.27. The van der Waals surface area contributed by atoms with Crippen LogP contribution in [0, 0.1) is 0 Å². The van der Waals surface area contributed by atoms with E-state index in [-0.39, 0.29) is 4.90 Å². The molecule has 0 aliphatic carbocycles. The fraction of sp³-hybridized carbons (Fsp3) is 0.0952. The molecule has 29 heavy (non-hydrogen) atoms. The highest BCUT2D eigenvalue weighted by molar-refractivity contribution is 7.92. The molecule has 0 bridgehead atoms. The predicted molar refractivity (Wildman–Crippen MR) is 124 cm³/mol. The lowest BCUT2D eigenvalue weighted by Gasteiger charge is -2.12. The minimum atomic E-state index is -3.70. The largest absolute Gasteiger partial charge is 0.332 e. The van der Waals surface area contributed by atoms with Crippen LogP contribution >= 0.6 is 23.8 Å². The quantitative estimate of drug-likeness (QED) is 0.436. The van der Waals surface area contributed by atoms with E-state index < -0.39 is 10.0 Å². The van der Waals surface area contributed by atoms with Gasteiger partial charge in [-0.3, -0.25) is 4.72 Å². The monoisotopic (exact) mass is 445 g/mol. The summed E-state index contributed by atoms with van der Waals surface area (Å²) in [7, 11) is -3.70. The third-order valence-electron chi connectivity index (χ3n) is 4.14. The Labute approximate surface area is 181 Å². The Morgan fingerprint density at radius 1 is 0.828 bits per heavy atom. The topological polar surface area (TPSA) is 70.2 Å². The van der Waals surface area contributed by atoms with Crippen molar-refractivity contribution in [2.45, 2.75) is 18.2 Å². The van der Waals surface area contributed by atoms with Crippen molar-refractivity contribution in [3.8, 4) is 0 Å².